The van der Waals surface area contributed by atoms with Crippen LogP contribution in [0.15, 0.2) is 0 Å². The maximum absolute atomic E-state index is 13.6. The first-order chi connectivity index (χ1) is 57.7. The molecule has 8 saturated heterocycles. The van der Waals surface area contributed by atoms with Gasteiger partial charge in [-0.1, -0.05) is 0 Å². The van der Waals surface area contributed by atoms with E-state index in [-0.39, 0.29) is 0 Å². The number of aliphatic hydroxyl groups excluding tert-OH is 27. The second-order valence-electron chi connectivity index (χ2n) is 30.8. The fourth-order valence-electron chi connectivity index (χ4n) is 15.3. The number of aliphatic hydroxyl groups is 27. The third-order valence-corrected chi connectivity index (χ3v) is 21.9. The lowest BCUT2D eigenvalue weighted by Crippen LogP contribution is -2.71. The summed E-state index contributed by atoms with van der Waals surface area (Å²) in [4.78, 5) is 77.6. The van der Waals surface area contributed by atoms with Crippen LogP contribution in [0.25, 0.3) is 0 Å². The molecule has 46 atom stereocenters. The van der Waals surface area contributed by atoms with Crippen molar-refractivity contribution in [3.8, 4) is 0 Å². The molecule has 0 unspecified atom stereocenters. The normalized spacial score (nSPS) is 43.9. The van der Waals surface area contributed by atoms with E-state index in [9.17, 15) is 177 Å². The molecule has 8 fully saturated rings. The summed E-state index contributed by atoms with van der Waals surface area (Å²) >= 11 is 0. The van der Waals surface area contributed by atoms with Gasteiger partial charge in [-0.25, -0.2) is 9.59 Å². The van der Waals surface area contributed by atoms with Crippen molar-refractivity contribution in [3.63, 3.8) is 0 Å². The fraction of sp³-hybridized carbons (Fsp3) is 0.912. The predicted molar refractivity (Wildman–Crippen MR) is 379 cm³/mol. The quantitative estimate of drug-likeness (QED) is 0.0273. The molecular weight excluding hydrogens is 1690 g/mol. The van der Waals surface area contributed by atoms with Gasteiger partial charge in [-0.3, -0.25) is 19.2 Å². The molecule has 0 bridgehead atoms. The molecule has 0 spiro atoms. The van der Waals surface area contributed by atoms with Crippen LogP contribution in [0.5, 0.6) is 0 Å². The molecule has 8 aliphatic rings. The van der Waals surface area contributed by atoms with E-state index < -0.39 is 389 Å². The summed E-state index contributed by atoms with van der Waals surface area (Å²) in [5, 5.41) is 329. The molecule has 0 radical (unpaired) electrons. The predicted octanol–water partition coefficient (Wildman–Crippen LogP) is -21.0. The van der Waals surface area contributed by atoms with Crippen LogP contribution in [0.4, 0.5) is 0 Å². The molecule has 55 heteroatoms. The first-order valence-electron chi connectivity index (χ1n) is 38.7. The summed E-state index contributed by atoms with van der Waals surface area (Å²) < 4.78 is 94.6. The molecule has 123 heavy (non-hydrogen) atoms. The van der Waals surface area contributed by atoms with Crippen molar-refractivity contribution < 1.29 is 253 Å². The monoisotopic (exact) mass is 1800 g/mol. The minimum atomic E-state index is -3.36. The van der Waals surface area contributed by atoms with Crippen LogP contribution in [-0.2, 0) is 105 Å². The van der Waals surface area contributed by atoms with Crippen molar-refractivity contribution in [2.45, 2.75) is 328 Å². The summed E-state index contributed by atoms with van der Waals surface area (Å²) in [5.74, 6) is -14.6. The van der Waals surface area contributed by atoms with E-state index in [1.807, 2.05) is 0 Å². The fourth-order valence-corrected chi connectivity index (χ4v) is 15.3. The zero-order chi connectivity index (χ0) is 91.8. The highest BCUT2D eigenvalue weighted by atomic mass is 16.8. The van der Waals surface area contributed by atoms with Gasteiger partial charge in [0.25, 0.3) is 11.6 Å². The first kappa shape index (κ1) is 103. The van der Waals surface area contributed by atoms with Gasteiger partial charge in [-0.2, -0.15) is 0 Å². The van der Waals surface area contributed by atoms with Crippen molar-refractivity contribution in [1.29, 1.82) is 0 Å². The largest absolute Gasteiger partial charge is 0.477 e. The zero-order valence-corrected chi connectivity index (χ0v) is 66.1. The molecule has 0 saturated carbocycles. The number of nitrogens with one attached hydrogen (secondary N) is 4. The summed E-state index contributed by atoms with van der Waals surface area (Å²) in [6.07, 6.45) is -92.4. The number of carbonyl (C=O) groups excluding carboxylic acids is 4. The van der Waals surface area contributed by atoms with Gasteiger partial charge in [0.05, 0.1) is 89.9 Å². The molecule has 0 aliphatic carbocycles. The zero-order valence-electron chi connectivity index (χ0n) is 66.1. The lowest BCUT2D eigenvalue weighted by molar-refractivity contribution is -0.393. The highest BCUT2D eigenvalue weighted by molar-refractivity contribution is 5.78. The smallest absolute Gasteiger partial charge is 0.364 e. The Balaban J connectivity index is 1.12. The maximum Gasteiger partial charge on any atom is 0.364 e. The highest BCUT2D eigenvalue weighted by Crippen LogP contribution is 2.43. The maximum atomic E-state index is 13.6. The van der Waals surface area contributed by atoms with Crippen molar-refractivity contribution >= 4 is 35.6 Å². The minimum Gasteiger partial charge on any atom is -0.477 e. The Bertz CT molecular complexity index is 3380. The van der Waals surface area contributed by atoms with Crippen LogP contribution < -0.4 is 21.3 Å². The Morgan fingerprint density at radius 2 is 0.772 bits per heavy atom. The third kappa shape index (κ3) is 23.5. The molecule has 33 N–H and O–H groups in total. The number of rotatable bonds is 38. The number of hydrogen-bond acceptors (Lipinski definition) is 49. The van der Waals surface area contributed by atoms with Crippen LogP contribution in [-0.4, -0.2) is 524 Å². The van der Waals surface area contributed by atoms with E-state index in [0.717, 1.165) is 27.7 Å². The number of carbonyl (C=O) groups is 6. The van der Waals surface area contributed by atoms with Gasteiger partial charge in [0.15, 0.2) is 37.7 Å². The van der Waals surface area contributed by atoms with Crippen molar-refractivity contribution in [2.75, 3.05) is 59.5 Å². The molecule has 8 aliphatic heterocycles. The van der Waals surface area contributed by atoms with Crippen LogP contribution in [0.3, 0.4) is 0 Å². The van der Waals surface area contributed by atoms with Gasteiger partial charge < -0.3 is 245 Å². The molecule has 0 aromatic heterocycles. The van der Waals surface area contributed by atoms with E-state index in [0.29, 0.717) is 0 Å². The lowest BCUT2D eigenvalue weighted by Gasteiger charge is -2.52. The van der Waals surface area contributed by atoms with Gasteiger partial charge in [0.1, 0.15) is 201 Å². The average molecular weight is 1800 g/mol. The number of carboxylic acid groups (broad SMARTS) is 2. The highest BCUT2D eigenvalue weighted by Gasteiger charge is 2.64. The van der Waals surface area contributed by atoms with E-state index in [1.165, 1.54) is 6.92 Å². The summed E-state index contributed by atoms with van der Waals surface area (Å²) in [6.45, 7) is -6.62. The van der Waals surface area contributed by atoms with Crippen LogP contribution in [0.1, 0.15) is 47.5 Å². The van der Waals surface area contributed by atoms with Crippen LogP contribution in [0.2, 0.25) is 0 Å². The molecule has 55 nitrogen and oxygen atoms in total. The molecule has 4 amide bonds. The van der Waals surface area contributed by atoms with Gasteiger partial charge in [-0.15, -0.1) is 0 Å². The van der Waals surface area contributed by atoms with E-state index in [2.05, 4.69) is 21.3 Å². The topological polar surface area (TPSA) is 885 Å². The minimum absolute atomic E-state index is 0.852. The number of carboxylic acids is 2. The third-order valence-electron chi connectivity index (χ3n) is 21.9. The van der Waals surface area contributed by atoms with Gasteiger partial charge in [-0.05, 0) is 6.92 Å². The lowest BCUT2D eigenvalue weighted by atomic mass is 9.88. The summed E-state index contributed by atoms with van der Waals surface area (Å²) in [5.41, 5.74) is 0. The van der Waals surface area contributed by atoms with Gasteiger partial charge >= 0.3 is 11.9 Å². The van der Waals surface area contributed by atoms with Crippen molar-refractivity contribution in [3.05, 3.63) is 0 Å². The molecular formula is C68H114N4O51. The Labute approximate surface area is 695 Å². The summed E-state index contributed by atoms with van der Waals surface area (Å²) in [6, 6.07) is -7.68. The number of amides is 4. The molecule has 8 heterocycles. The Hall–Kier alpha value is -4.90. The standard InChI is InChI=1S/C68H114N4O51/c1-17-37(90)45(98)47(100)61(110-17)119-56-36(72-21(5)83)59(112-30(14-79)53(56)118-64-50(103)58(42(95)28(12-77)111-64)123-68(66(106)107)7-23(85)34(70-19(3)81)55(122-68)40(93)26(88)10-75)108-15-31-43(96)57(49(102)63(114-31)116-51(27(89)11-76)38(91)24(86)8-73)120-60-35(71-20(4)82)44(97)52(29(13-78)113-60)117-62-48(101)46(99)41(94)32(115-62)16-109-67(65(104)105)6-22(84)33(69-18(2)80)54(121-67)39(92)25(87)9-74/h17,22-64,73-79,84-103H,6-16H2,1-5H3,(H,69,80)(H,70,81)(H,71,82)(H,72,83)(H,104,105)(H,106,107)/t17-,22-,23-,24-,25+,26+,27+,28+,29+,30+,31+,32+,33+,34+,35+,36+,37+,38+,39+,40+,41-,42-,43-,44+,45+,46-,47-,48+,49+,50+,51+,52+,53+,54+,55+,56+,57-,58-,59+,60-,61-,62-,63-,64-,67+,68-/m0/s1. The van der Waals surface area contributed by atoms with Crippen molar-refractivity contribution in [1.82, 2.24) is 21.3 Å². The molecule has 0 aromatic rings. The first-order valence-corrected chi connectivity index (χ1v) is 38.7. The Morgan fingerprint density at radius 1 is 0.374 bits per heavy atom. The number of aliphatic carboxylic acids is 2. The van der Waals surface area contributed by atoms with Gasteiger partial charge in [0.2, 0.25) is 23.6 Å². The van der Waals surface area contributed by atoms with Crippen molar-refractivity contribution in [2.24, 2.45) is 0 Å². The second-order valence-corrected chi connectivity index (χ2v) is 30.8. The second kappa shape index (κ2) is 44.6. The van der Waals surface area contributed by atoms with Crippen LogP contribution in [0, 0.1) is 0 Å². The van der Waals surface area contributed by atoms with Crippen LogP contribution >= 0.6 is 0 Å². The summed E-state index contributed by atoms with van der Waals surface area (Å²) in [7, 11) is 0. The molecule has 8 rings (SSSR count). The molecule has 712 valence electrons. The Kier molecular flexibility index (Phi) is 37.5. The van der Waals surface area contributed by atoms with E-state index in [1.54, 1.807) is 0 Å². The number of hydrogen-bond donors (Lipinski definition) is 33. The van der Waals surface area contributed by atoms with E-state index >= 15 is 0 Å². The Morgan fingerprint density at radius 3 is 1.28 bits per heavy atom. The molecule has 0 aromatic carbocycles. The SMILES string of the molecule is CC(=O)N[C@H]1[C@H](O[C@H]2[C@@H](O)[C@@H](CO[C@@H]3O[C@H](CO)[C@@H](O[C@@H]4O[C@H](CO)[C@H](O)[C@H](O[C@]5(C(=O)O)C[C@H](O)[C@@H](NC(C)=O)[C@H]([C@H](O)[C@H](O)CO)O5)[C@H]4O)[C@H](O[C@@H]4O[C@@H](C)[C@@H](O)[C@@H](O)[C@@H]4O)[C@H]3NC(C)=O)O[C@@H](O[C@@H]([C@H](O)[C@@H](O)CO)[C@H](O)CO)[C@@H]2O)O[C@H](CO)[C@@H](O[C@@H]2O[C@H](CO[C@]3(C(=O)O)C[C@H](O)[C@@H](NC(C)=O)[C@H]([C@H](O)[C@H](O)CO)O3)[C@H](O)[C@H](O)[C@H]2O)[C@@H]1O. The van der Waals surface area contributed by atoms with Gasteiger partial charge in [0, 0.05) is 40.5 Å². The van der Waals surface area contributed by atoms with E-state index in [4.69, 9.17) is 75.8 Å². The number of ether oxygens (including phenoxy) is 16. The average Bonchev–Trinajstić information content (AvgIpc) is 0.759.